The van der Waals surface area contributed by atoms with E-state index in [0.717, 1.165) is 46.2 Å². The summed E-state index contributed by atoms with van der Waals surface area (Å²) < 4.78 is 78.0. The van der Waals surface area contributed by atoms with Crippen molar-refractivity contribution in [3.05, 3.63) is 70.8 Å². The van der Waals surface area contributed by atoms with Crippen LogP contribution in [0.3, 0.4) is 0 Å². The molecule has 2 aromatic rings. The minimum absolute atomic E-state index is 0.132. The van der Waals surface area contributed by atoms with E-state index in [1.807, 2.05) is 0 Å². The van der Waals surface area contributed by atoms with E-state index >= 15 is 0 Å². The van der Waals surface area contributed by atoms with Crippen LogP contribution in [0.25, 0.3) is 0 Å². The highest BCUT2D eigenvalue weighted by atomic mass is 19.4. The SMILES string of the molecule is O=C(C(=O)N1CCN(C(=O)c2ccccc2C(F)(F)F)CC1)c1cccc(C(F)(F)F)c1. The molecule has 2 aromatic carbocycles. The highest BCUT2D eigenvalue weighted by Gasteiger charge is 2.37. The molecule has 3 rings (SSSR count). The predicted octanol–water partition coefficient (Wildman–Crippen LogP) is 3.89. The molecule has 1 heterocycles. The fourth-order valence-electron chi connectivity index (χ4n) is 3.30. The van der Waals surface area contributed by atoms with Crippen molar-refractivity contribution in [2.24, 2.45) is 0 Å². The molecule has 0 aliphatic carbocycles. The molecule has 0 spiro atoms. The van der Waals surface area contributed by atoms with E-state index in [0.29, 0.717) is 6.07 Å². The van der Waals surface area contributed by atoms with Crippen molar-refractivity contribution in [3.8, 4) is 0 Å². The summed E-state index contributed by atoms with van der Waals surface area (Å²) in [7, 11) is 0. The summed E-state index contributed by atoms with van der Waals surface area (Å²) >= 11 is 0. The summed E-state index contributed by atoms with van der Waals surface area (Å²) in [6.45, 7) is -0.563. The predicted molar refractivity (Wildman–Crippen MR) is 99.7 cm³/mol. The lowest BCUT2D eigenvalue weighted by atomic mass is 10.0. The van der Waals surface area contributed by atoms with E-state index in [2.05, 4.69) is 0 Å². The average Bonchev–Trinajstić information content (AvgIpc) is 2.76. The molecule has 0 unspecified atom stereocenters. The van der Waals surface area contributed by atoms with Crippen LogP contribution >= 0.6 is 0 Å². The third-order valence-corrected chi connectivity index (χ3v) is 4.96. The second kappa shape index (κ2) is 8.64. The molecule has 32 heavy (non-hydrogen) atoms. The van der Waals surface area contributed by atoms with Crippen molar-refractivity contribution in [2.75, 3.05) is 26.2 Å². The molecular weight excluding hydrogens is 442 g/mol. The molecule has 0 saturated carbocycles. The van der Waals surface area contributed by atoms with Gasteiger partial charge in [-0.15, -0.1) is 0 Å². The van der Waals surface area contributed by atoms with Gasteiger partial charge in [0.1, 0.15) is 0 Å². The number of Topliss-reactive ketones (excluding diaryl/α,β-unsaturated/α-hetero) is 1. The number of hydrogen-bond acceptors (Lipinski definition) is 3. The van der Waals surface area contributed by atoms with Crippen LogP contribution in [0.4, 0.5) is 26.3 Å². The lowest BCUT2D eigenvalue weighted by Gasteiger charge is -2.34. The number of rotatable bonds is 3. The van der Waals surface area contributed by atoms with E-state index in [1.165, 1.54) is 6.07 Å². The third-order valence-electron chi connectivity index (χ3n) is 4.96. The van der Waals surface area contributed by atoms with Gasteiger partial charge in [-0.05, 0) is 24.3 Å². The smallest absolute Gasteiger partial charge is 0.335 e. The highest BCUT2D eigenvalue weighted by Crippen LogP contribution is 2.32. The average molecular weight is 458 g/mol. The van der Waals surface area contributed by atoms with Crippen LogP contribution in [0, 0.1) is 0 Å². The third kappa shape index (κ3) is 4.92. The molecule has 0 aromatic heterocycles. The Hall–Kier alpha value is -3.37. The molecule has 0 atom stereocenters. The van der Waals surface area contributed by atoms with Crippen molar-refractivity contribution in [1.29, 1.82) is 0 Å². The van der Waals surface area contributed by atoms with Gasteiger partial charge in [0, 0.05) is 31.7 Å². The summed E-state index contributed by atoms with van der Waals surface area (Å²) in [5, 5.41) is 0. The van der Waals surface area contributed by atoms with E-state index in [-0.39, 0.29) is 26.2 Å². The number of carbonyl (C=O) groups is 3. The molecule has 0 bridgehead atoms. The van der Waals surface area contributed by atoms with Gasteiger partial charge in [-0.2, -0.15) is 26.3 Å². The Morgan fingerprint density at radius 1 is 0.719 bits per heavy atom. The van der Waals surface area contributed by atoms with Crippen LogP contribution in [-0.4, -0.2) is 53.6 Å². The first-order valence-corrected chi connectivity index (χ1v) is 9.36. The normalized spacial score (nSPS) is 14.9. The van der Waals surface area contributed by atoms with Crippen molar-refractivity contribution >= 4 is 17.6 Å². The van der Waals surface area contributed by atoms with Crippen LogP contribution in [-0.2, 0) is 17.1 Å². The van der Waals surface area contributed by atoms with Gasteiger partial charge in [0.15, 0.2) is 0 Å². The molecule has 170 valence electrons. The monoisotopic (exact) mass is 458 g/mol. The summed E-state index contributed by atoms with van der Waals surface area (Å²) in [6, 6.07) is 7.76. The fraction of sp³-hybridized carbons (Fsp3) is 0.286. The van der Waals surface area contributed by atoms with E-state index in [4.69, 9.17) is 0 Å². The number of halogens is 6. The topological polar surface area (TPSA) is 57.7 Å². The molecule has 1 fully saturated rings. The molecule has 0 N–H and O–H groups in total. The number of piperazine rings is 1. The number of amides is 2. The standard InChI is InChI=1S/C21H16F6N2O3/c22-20(23,24)14-5-3-4-13(12-14)17(30)19(32)29-10-8-28(9-11-29)18(31)15-6-1-2-7-16(15)21(25,26)27/h1-7,12H,8-11H2. The van der Waals surface area contributed by atoms with Gasteiger partial charge < -0.3 is 9.80 Å². The van der Waals surface area contributed by atoms with Gasteiger partial charge in [0.05, 0.1) is 16.7 Å². The second-order valence-corrected chi connectivity index (χ2v) is 7.04. The van der Waals surface area contributed by atoms with Crippen LogP contribution in [0.15, 0.2) is 48.5 Å². The molecule has 1 aliphatic heterocycles. The quantitative estimate of drug-likeness (QED) is 0.399. The largest absolute Gasteiger partial charge is 0.417 e. The maximum absolute atomic E-state index is 13.2. The van der Waals surface area contributed by atoms with Gasteiger partial charge in [-0.1, -0.05) is 24.3 Å². The van der Waals surface area contributed by atoms with Crippen molar-refractivity contribution in [1.82, 2.24) is 9.80 Å². The Morgan fingerprint density at radius 2 is 1.31 bits per heavy atom. The van der Waals surface area contributed by atoms with Crippen molar-refractivity contribution in [2.45, 2.75) is 12.4 Å². The molecule has 2 amide bonds. The fourth-order valence-corrected chi connectivity index (χ4v) is 3.30. The van der Waals surface area contributed by atoms with Crippen LogP contribution in [0.1, 0.15) is 31.8 Å². The maximum atomic E-state index is 13.2. The van der Waals surface area contributed by atoms with Crippen LogP contribution in [0.2, 0.25) is 0 Å². The van der Waals surface area contributed by atoms with Gasteiger partial charge in [-0.25, -0.2) is 0 Å². The summed E-state index contributed by atoms with van der Waals surface area (Å²) in [6.07, 6.45) is -9.40. The molecule has 1 aliphatic rings. The minimum Gasteiger partial charge on any atom is -0.335 e. The first-order valence-electron chi connectivity index (χ1n) is 9.36. The number of alkyl halides is 6. The molecule has 5 nitrogen and oxygen atoms in total. The van der Waals surface area contributed by atoms with Crippen molar-refractivity contribution in [3.63, 3.8) is 0 Å². The number of hydrogen-bond donors (Lipinski definition) is 0. The Bertz CT molecular complexity index is 1040. The molecule has 0 radical (unpaired) electrons. The zero-order valence-electron chi connectivity index (χ0n) is 16.3. The lowest BCUT2D eigenvalue weighted by Crippen LogP contribution is -2.52. The van der Waals surface area contributed by atoms with Gasteiger partial charge in [0.25, 0.3) is 11.8 Å². The van der Waals surface area contributed by atoms with Gasteiger partial charge in [-0.3, -0.25) is 14.4 Å². The molecule has 1 saturated heterocycles. The van der Waals surface area contributed by atoms with Crippen LogP contribution < -0.4 is 0 Å². The minimum atomic E-state index is -4.72. The van der Waals surface area contributed by atoms with E-state index in [9.17, 15) is 40.7 Å². The van der Waals surface area contributed by atoms with Gasteiger partial charge in [0.2, 0.25) is 5.78 Å². The summed E-state index contributed by atoms with van der Waals surface area (Å²) in [5.41, 5.74) is -3.11. The van der Waals surface area contributed by atoms with Gasteiger partial charge >= 0.3 is 12.4 Å². The summed E-state index contributed by atoms with van der Waals surface area (Å²) in [5.74, 6) is -3.06. The lowest BCUT2D eigenvalue weighted by molar-refractivity contribution is -0.138. The Balaban J connectivity index is 1.68. The van der Waals surface area contributed by atoms with Crippen molar-refractivity contribution < 1.29 is 40.7 Å². The molecule has 11 heteroatoms. The number of ketones is 1. The first-order chi connectivity index (χ1) is 14.9. The zero-order valence-corrected chi connectivity index (χ0v) is 16.3. The Labute approximate surface area is 178 Å². The highest BCUT2D eigenvalue weighted by molar-refractivity contribution is 6.42. The van der Waals surface area contributed by atoms with E-state index < -0.39 is 52.2 Å². The number of carbonyl (C=O) groups excluding carboxylic acids is 3. The zero-order chi connectivity index (χ0) is 23.7. The maximum Gasteiger partial charge on any atom is 0.417 e. The Morgan fingerprint density at radius 3 is 1.91 bits per heavy atom. The second-order valence-electron chi connectivity index (χ2n) is 7.04. The van der Waals surface area contributed by atoms with Crippen LogP contribution in [0.5, 0.6) is 0 Å². The first kappa shape index (κ1) is 23.3. The number of benzene rings is 2. The summed E-state index contributed by atoms with van der Waals surface area (Å²) in [4.78, 5) is 39.6. The Kier molecular flexibility index (Phi) is 6.29. The molecular formula is C21H16F6N2O3. The number of nitrogens with zero attached hydrogens (tertiary/aromatic N) is 2. The van der Waals surface area contributed by atoms with E-state index in [1.54, 1.807) is 0 Å².